The highest BCUT2D eigenvalue weighted by Crippen LogP contribution is 2.28. The van der Waals surface area contributed by atoms with Crippen molar-refractivity contribution in [2.45, 2.75) is 89.9 Å². The van der Waals surface area contributed by atoms with Crippen LogP contribution < -0.4 is 16.0 Å². The number of likely N-dealkylation sites (tertiary alicyclic amines) is 2. The van der Waals surface area contributed by atoms with Crippen LogP contribution in [0, 0.1) is 0 Å². The number of thiophene rings is 1. The summed E-state index contributed by atoms with van der Waals surface area (Å²) in [5.41, 5.74) is 1.93. The van der Waals surface area contributed by atoms with Gasteiger partial charge in [0.2, 0.25) is 11.8 Å². The van der Waals surface area contributed by atoms with Crippen molar-refractivity contribution in [1.82, 2.24) is 30.2 Å². The number of carbonyl (C=O) groups excluding carboxylic acids is 4. The Balaban J connectivity index is 1.17. The summed E-state index contributed by atoms with van der Waals surface area (Å²) in [6.45, 7) is 9.74. The zero-order chi connectivity index (χ0) is 33.2. The van der Waals surface area contributed by atoms with E-state index in [1.807, 2.05) is 51.6 Å². The number of fused-ring (bicyclic) bond motifs is 1. The van der Waals surface area contributed by atoms with Crippen LogP contribution in [0.3, 0.4) is 0 Å². The van der Waals surface area contributed by atoms with Crippen molar-refractivity contribution in [2.75, 3.05) is 51.1 Å². The van der Waals surface area contributed by atoms with Crippen LogP contribution in [0.4, 0.5) is 15.3 Å². The Bertz CT molecular complexity index is 1330. The molecule has 47 heavy (non-hydrogen) atoms. The fourth-order valence-corrected chi connectivity index (χ4v) is 7.84. The molecule has 5 rings (SSSR count). The first-order valence-electron chi connectivity index (χ1n) is 17.4. The third kappa shape index (κ3) is 9.25. The highest BCUT2D eigenvalue weighted by molar-refractivity contribution is 7.09. The van der Waals surface area contributed by atoms with Crippen molar-refractivity contribution < 1.29 is 19.2 Å². The molecule has 3 aliphatic rings. The molecule has 0 bridgehead atoms. The maximum absolute atomic E-state index is 13.9. The lowest BCUT2D eigenvalue weighted by molar-refractivity contribution is -0.140. The first-order valence-corrected chi connectivity index (χ1v) is 18.3. The summed E-state index contributed by atoms with van der Waals surface area (Å²) in [5, 5.41) is 10.7. The standard InChI is InChI=1S/C35H51N7O4S/c1-3-17-39(18-4-2)27-12-21-41(22-13-27)33(44)31(37-34(45)36-16-11-29-9-7-23-47-29)24-32(43)40-19-14-28(15-20-40)42-25-26-8-5-6-10-30(26)38-35(42)46/h5-10,23,27-28,31H,3-4,11-22,24-25H2,1-2H3,(H,38,46)(H2,36,37,45)/t31-/m0/s1. The van der Waals surface area contributed by atoms with E-state index < -0.39 is 12.1 Å². The number of urea groups is 2. The molecule has 0 spiro atoms. The summed E-state index contributed by atoms with van der Waals surface area (Å²) in [5.74, 6) is -0.345. The van der Waals surface area contributed by atoms with Crippen LogP contribution in [0.15, 0.2) is 41.8 Å². The monoisotopic (exact) mass is 665 g/mol. The number of amides is 6. The molecule has 1 atom stereocenters. The predicted octanol–water partition coefficient (Wildman–Crippen LogP) is 4.50. The topological polar surface area (TPSA) is 117 Å². The average Bonchev–Trinajstić information content (AvgIpc) is 3.61. The van der Waals surface area contributed by atoms with E-state index in [2.05, 4.69) is 34.7 Å². The van der Waals surface area contributed by atoms with E-state index in [1.165, 1.54) is 4.88 Å². The maximum atomic E-state index is 13.9. The fraction of sp³-hybridized carbons (Fsp3) is 0.600. The molecule has 0 saturated carbocycles. The van der Waals surface area contributed by atoms with E-state index in [0.717, 1.165) is 50.0 Å². The number of rotatable bonds is 13. The minimum Gasteiger partial charge on any atom is -0.342 e. The second-order valence-electron chi connectivity index (χ2n) is 12.9. The molecule has 6 amide bonds. The molecule has 1 aromatic carbocycles. The smallest absolute Gasteiger partial charge is 0.322 e. The normalized spacial score (nSPS) is 18.1. The fourth-order valence-electron chi connectivity index (χ4n) is 7.13. The zero-order valence-corrected chi connectivity index (χ0v) is 28.7. The zero-order valence-electron chi connectivity index (χ0n) is 27.9. The van der Waals surface area contributed by atoms with Gasteiger partial charge in [0, 0.05) is 61.9 Å². The Morgan fingerprint density at radius 2 is 1.66 bits per heavy atom. The van der Waals surface area contributed by atoms with Gasteiger partial charge in [-0.25, -0.2) is 9.59 Å². The number of hydrogen-bond acceptors (Lipinski definition) is 6. The first kappa shape index (κ1) is 34.7. The Hall–Kier alpha value is -3.64. The third-order valence-corrected chi connectivity index (χ3v) is 10.6. The summed E-state index contributed by atoms with van der Waals surface area (Å²) in [6, 6.07) is 10.8. The number of hydrogen-bond donors (Lipinski definition) is 3. The predicted molar refractivity (Wildman–Crippen MR) is 185 cm³/mol. The average molecular weight is 666 g/mol. The molecule has 0 radical (unpaired) electrons. The number of piperidine rings is 2. The van der Waals surface area contributed by atoms with Gasteiger partial charge in [0.05, 0.1) is 6.42 Å². The molecular formula is C35H51N7O4S. The molecular weight excluding hydrogens is 614 g/mol. The minimum atomic E-state index is -0.940. The summed E-state index contributed by atoms with van der Waals surface area (Å²) < 4.78 is 0. The van der Waals surface area contributed by atoms with Gasteiger partial charge in [0.1, 0.15) is 6.04 Å². The summed E-state index contributed by atoms with van der Waals surface area (Å²) in [6.07, 6.45) is 5.93. The van der Waals surface area contributed by atoms with Crippen molar-refractivity contribution >= 4 is 40.9 Å². The van der Waals surface area contributed by atoms with Crippen LogP contribution >= 0.6 is 11.3 Å². The largest absolute Gasteiger partial charge is 0.342 e. The molecule has 1 aromatic heterocycles. The highest BCUT2D eigenvalue weighted by atomic mass is 32.1. The molecule has 2 fully saturated rings. The second kappa shape index (κ2) is 17.0. The van der Waals surface area contributed by atoms with Gasteiger partial charge in [-0.1, -0.05) is 38.1 Å². The van der Waals surface area contributed by atoms with Gasteiger partial charge in [-0.3, -0.25) is 9.59 Å². The van der Waals surface area contributed by atoms with E-state index in [-0.39, 0.29) is 30.3 Å². The van der Waals surface area contributed by atoms with Gasteiger partial charge in [0.15, 0.2) is 0 Å². The van der Waals surface area contributed by atoms with Crippen LogP contribution in [0.25, 0.3) is 0 Å². The number of anilines is 1. The summed E-state index contributed by atoms with van der Waals surface area (Å²) >= 11 is 1.64. The van der Waals surface area contributed by atoms with Crippen molar-refractivity contribution in [3.63, 3.8) is 0 Å². The SMILES string of the molecule is CCCN(CCC)C1CCN(C(=O)[C@H](CC(=O)N2CCC(N3Cc4ccccc4NC3=O)CC2)NC(=O)NCCc2cccs2)CC1. The lowest BCUT2D eigenvalue weighted by atomic mass is 9.99. The summed E-state index contributed by atoms with van der Waals surface area (Å²) in [4.78, 5) is 62.5. The minimum absolute atomic E-state index is 0.0263. The molecule has 3 N–H and O–H groups in total. The molecule has 2 aromatic rings. The number of carbonyl (C=O) groups is 4. The molecule has 3 aliphatic heterocycles. The third-order valence-electron chi connectivity index (χ3n) is 9.65. The molecule has 12 heteroatoms. The molecule has 2 saturated heterocycles. The maximum Gasteiger partial charge on any atom is 0.322 e. The van der Waals surface area contributed by atoms with Crippen LogP contribution in [0.1, 0.15) is 69.2 Å². The number of nitrogens with zero attached hydrogens (tertiary/aromatic N) is 4. The number of nitrogens with one attached hydrogen (secondary N) is 3. The van der Waals surface area contributed by atoms with Crippen LogP contribution in [0.5, 0.6) is 0 Å². The van der Waals surface area contributed by atoms with Gasteiger partial charge < -0.3 is 35.6 Å². The van der Waals surface area contributed by atoms with E-state index in [0.29, 0.717) is 64.6 Å². The van der Waals surface area contributed by atoms with E-state index in [4.69, 9.17) is 0 Å². The second-order valence-corrected chi connectivity index (χ2v) is 13.9. The highest BCUT2D eigenvalue weighted by Gasteiger charge is 2.36. The quantitative estimate of drug-likeness (QED) is 0.292. The molecule has 11 nitrogen and oxygen atoms in total. The van der Waals surface area contributed by atoms with Gasteiger partial charge >= 0.3 is 12.1 Å². The Morgan fingerprint density at radius 3 is 2.34 bits per heavy atom. The number of benzene rings is 1. The molecule has 256 valence electrons. The van der Waals surface area contributed by atoms with E-state index in [1.54, 1.807) is 16.2 Å². The molecule has 4 heterocycles. The van der Waals surface area contributed by atoms with Gasteiger partial charge in [-0.15, -0.1) is 11.3 Å². The lowest BCUT2D eigenvalue weighted by Gasteiger charge is -2.41. The molecule has 0 unspecified atom stereocenters. The van der Waals surface area contributed by atoms with Gasteiger partial charge in [0.25, 0.3) is 0 Å². The summed E-state index contributed by atoms with van der Waals surface area (Å²) in [7, 11) is 0. The Morgan fingerprint density at radius 1 is 0.957 bits per heavy atom. The Kier molecular flexibility index (Phi) is 12.5. The van der Waals surface area contributed by atoms with Crippen LogP contribution in [-0.4, -0.2) is 107 Å². The van der Waals surface area contributed by atoms with Crippen molar-refractivity contribution in [2.24, 2.45) is 0 Å². The lowest BCUT2D eigenvalue weighted by Crippen LogP contribution is -2.56. The van der Waals surface area contributed by atoms with Crippen molar-refractivity contribution in [3.8, 4) is 0 Å². The number of para-hydroxylation sites is 1. The van der Waals surface area contributed by atoms with E-state index >= 15 is 0 Å². The Labute approximate surface area is 283 Å². The first-order chi connectivity index (χ1) is 22.9. The van der Waals surface area contributed by atoms with Crippen LogP contribution in [-0.2, 0) is 22.6 Å². The molecule has 0 aliphatic carbocycles. The van der Waals surface area contributed by atoms with Crippen molar-refractivity contribution in [1.29, 1.82) is 0 Å². The van der Waals surface area contributed by atoms with Gasteiger partial charge in [-0.05, 0) is 81.1 Å². The van der Waals surface area contributed by atoms with Crippen molar-refractivity contribution in [3.05, 3.63) is 52.2 Å². The van der Waals surface area contributed by atoms with Gasteiger partial charge in [-0.2, -0.15) is 0 Å². The van der Waals surface area contributed by atoms with Crippen LogP contribution in [0.2, 0.25) is 0 Å². The van der Waals surface area contributed by atoms with E-state index in [9.17, 15) is 19.2 Å².